The Hall–Kier alpha value is -2.77. The lowest BCUT2D eigenvalue weighted by atomic mass is 9.83. The van der Waals surface area contributed by atoms with Crippen LogP contribution in [-0.2, 0) is 25.3 Å². The minimum absolute atomic E-state index is 0.0659. The third-order valence-corrected chi connectivity index (χ3v) is 13.1. The van der Waals surface area contributed by atoms with Gasteiger partial charge in [-0.15, -0.1) is 0 Å². The quantitative estimate of drug-likeness (QED) is 0.154. The Morgan fingerprint density at radius 2 is 1.34 bits per heavy atom. The summed E-state index contributed by atoms with van der Waals surface area (Å²) in [6.07, 6.45) is 1.07. The van der Waals surface area contributed by atoms with Crippen molar-refractivity contribution in [2.45, 2.75) is 71.8 Å². The van der Waals surface area contributed by atoms with E-state index in [-0.39, 0.29) is 23.2 Å². The van der Waals surface area contributed by atoms with Gasteiger partial charge in [-0.2, -0.15) is 0 Å². The maximum Gasteiger partial charge on any atom is 0.261 e. The molecule has 0 N–H and O–H groups in total. The van der Waals surface area contributed by atoms with E-state index in [0.717, 1.165) is 17.6 Å². The summed E-state index contributed by atoms with van der Waals surface area (Å²) in [7, 11) is 0.710. The number of hydrogen-bond acceptors (Lipinski definition) is 5. The van der Waals surface area contributed by atoms with E-state index in [1.165, 1.54) is 10.4 Å². The first-order valence-corrected chi connectivity index (χ1v) is 16.4. The molecule has 0 aromatic heterocycles. The first-order valence-electron chi connectivity index (χ1n) is 14.5. The van der Waals surface area contributed by atoms with Crippen LogP contribution in [0.1, 0.15) is 53.5 Å². The van der Waals surface area contributed by atoms with Gasteiger partial charge in [0.05, 0.1) is 25.9 Å². The molecule has 222 valence electrons. The molecule has 3 aromatic carbocycles. The lowest BCUT2D eigenvalue weighted by Gasteiger charge is -2.44. The second-order valence-electron chi connectivity index (χ2n) is 12.5. The Balaban J connectivity index is 1.84. The first-order chi connectivity index (χ1) is 19.5. The number of rotatable bonds is 15. The fourth-order valence-corrected chi connectivity index (χ4v) is 10.1. The average Bonchev–Trinajstić information content (AvgIpc) is 2.98. The zero-order valence-corrected chi connectivity index (χ0v) is 27.1. The van der Waals surface area contributed by atoms with Crippen molar-refractivity contribution >= 4 is 25.0 Å². The van der Waals surface area contributed by atoms with E-state index in [2.05, 4.69) is 88.4 Å². The maximum atomic E-state index is 12.1. The first kappa shape index (κ1) is 32.7. The lowest BCUT2D eigenvalue weighted by molar-refractivity contribution is -0.128. The predicted octanol–water partition coefficient (Wildman–Crippen LogP) is 6.42. The summed E-state index contributed by atoms with van der Waals surface area (Å²) in [4.78, 5) is 12.1. The van der Waals surface area contributed by atoms with Crippen LogP contribution in [0.25, 0.3) is 0 Å². The molecule has 5 nitrogen and oxygen atoms in total. The van der Waals surface area contributed by atoms with Gasteiger partial charge in [0.1, 0.15) is 12.0 Å². The molecule has 0 radical (unpaired) electrons. The van der Waals surface area contributed by atoms with E-state index in [9.17, 15) is 4.79 Å². The molecule has 3 aromatic rings. The molecule has 0 aliphatic carbocycles. The molecule has 3 rings (SSSR count). The predicted molar refractivity (Wildman–Crippen MR) is 170 cm³/mol. The summed E-state index contributed by atoms with van der Waals surface area (Å²) in [5, 5.41) is 2.40. The van der Waals surface area contributed by atoms with Crippen LogP contribution in [0.2, 0.25) is 5.04 Å². The highest BCUT2D eigenvalue weighted by molar-refractivity contribution is 6.99. The van der Waals surface area contributed by atoms with Gasteiger partial charge in [0.15, 0.2) is 0 Å². The third-order valence-electron chi connectivity index (χ3n) is 8.11. The number of benzene rings is 3. The van der Waals surface area contributed by atoms with Gasteiger partial charge in [-0.3, -0.25) is 0 Å². The van der Waals surface area contributed by atoms with Crippen LogP contribution in [0.3, 0.4) is 0 Å². The maximum absolute atomic E-state index is 12.1. The van der Waals surface area contributed by atoms with Crippen molar-refractivity contribution in [1.29, 1.82) is 0 Å². The molecular formula is C35H48O5Si. The topological polar surface area (TPSA) is 54.0 Å². The molecule has 41 heavy (non-hydrogen) atoms. The largest absolute Gasteiger partial charge is 0.497 e. The summed E-state index contributed by atoms with van der Waals surface area (Å²) in [5.41, 5.74) is 0.344. The van der Waals surface area contributed by atoms with Crippen molar-refractivity contribution < 1.29 is 23.4 Å². The number of carbonyl (C=O) groups is 1. The summed E-state index contributed by atoms with van der Waals surface area (Å²) >= 11 is 0. The Kier molecular flexibility index (Phi) is 11.5. The Bertz CT molecular complexity index is 1150. The molecule has 0 unspecified atom stereocenters. The summed E-state index contributed by atoms with van der Waals surface area (Å²) in [6, 6.07) is 29.1. The van der Waals surface area contributed by atoms with E-state index in [0.29, 0.717) is 19.6 Å². The molecule has 0 aliphatic heterocycles. The minimum Gasteiger partial charge on any atom is -0.497 e. The van der Waals surface area contributed by atoms with E-state index < -0.39 is 13.7 Å². The minimum atomic E-state index is -2.67. The average molecular weight is 577 g/mol. The smallest absolute Gasteiger partial charge is 0.261 e. The van der Waals surface area contributed by atoms with Crippen LogP contribution >= 0.6 is 0 Å². The Morgan fingerprint density at radius 1 is 0.805 bits per heavy atom. The van der Waals surface area contributed by atoms with Crippen LogP contribution in [0.4, 0.5) is 0 Å². The highest BCUT2D eigenvalue weighted by atomic mass is 28.4. The van der Waals surface area contributed by atoms with Crippen molar-refractivity contribution in [3.8, 4) is 5.75 Å². The fourth-order valence-electron chi connectivity index (χ4n) is 5.48. The van der Waals surface area contributed by atoms with Gasteiger partial charge in [-0.1, -0.05) is 114 Å². The summed E-state index contributed by atoms with van der Waals surface area (Å²) < 4.78 is 24.9. The van der Waals surface area contributed by atoms with Crippen LogP contribution < -0.4 is 15.1 Å². The van der Waals surface area contributed by atoms with Gasteiger partial charge in [-0.25, -0.2) is 0 Å². The Labute approximate surface area is 248 Å². The molecule has 0 heterocycles. The second kappa shape index (κ2) is 14.4. The number of hydrogen-bond donors (Lipinski definition) is 0. The van der Waals surface area contributed by atoms with Crippen molar-refractivity contribution in [1.82, 2.24) is 0 Å². The highest BCUT2D eigenvalue weighted by Gasteiger charge is 2.50. The number of aldehydes is 1. The van der Waals surface area contributed by atoms with E-state index in [1.54, 1.807) is 14.2 Å². The van der Waals surface area contributed by atoms with E-state index in [1.807, 2.05) is 38.1 Å². The molecular weight excluding hydrogens is 528 g/mol. The van der Waals surface area contributed by atoms with Crippen molar-refractivity contribution in [2.75, 3.05) is 20.8 Å². The molecule has 0 fully saturated rings. The van der Waals surface area contributed by atoms with Crippen LogP contribution in [-0.4, -0.2) is 47.6 Å². The SMILES string of the molecule is COc1ccc(CO[C@@H](C[C@H](OC)[C@@H](C)CO[Si](c2ccccc2)(c2ccccc2)C(C)(C)C)C(C)(C)C=O)cc1. The van der Waals surface area contributed by atoms with Crippen molar-refractivity contribution in [3.63, 3.8) is 0 Å². The second-order valence-corrected chi connectivity index (χ2v) is 16.9. The van der Waals surface area contributed by atoms with Gasteiger partial charge in [-0.05, 0) is 33.1 Å². The molecule has 0 saturated carbocycles. The highest BCUT2D eigenvalue weighted by Crippen LogP contribution is 2.37. The monoisotopic (exact) mass is 576 g/mol. The van der Waals surface area contributed by atoms with Gasteiger partial charge in [0.25, 0.3) is 8.32 Å². The van der Waals surface area contributed by atoms with Crippen molar-refractivity contribution in [3.05, 3.63) is 90.5 Å². The van der Waals surface area contributed by atoms with Gasteiger partial charge < -0.3 is 23.4 Å². The molecule has 0 saturated heterocycles. The van der Waals surface area contributed by atoms with E-state index >= 15 is 0 Å². The molecule has 0 spiro atoms. The van der Waals surface area contributed by atoms with Gasteiger partial charge >= 0.3 is 0 Å². The van der Waals surface area contributed by atoms with Crippen LogP contribution in [0.5, 0.6) is 5.75 Å². The Morgan fingerprint density at radius 3 is 1.78 bits per heavy atom. The number of ether oxygens (including phenoxy) is 3. The lowest BCUT2D eigenvalue weighted by Crippen LogP contribution is -2.67. The fraction of sp³-hybridized carbons (Fsp3) is 0.457. The third kappa shape index (κ3) is 7.95. The molecule has 3 atom stereocenters. The standard InChI is InChI=1S/C35H48O5Si/c1-27(24-40-41(34(2,3)4,30-15-11-9-12-16-30)31-17-13-10-14-18-31)32(38-8)23-33(35(5,6)26-36)39-25-28-19-21-29(37-7)22-20-28/h9-22,26-27,32-33H,23-25H2,1-8H3/t27-,32-,33-/m0/s1. The van der Waals surface area contributed by atoms with Gasteiger partial charge in [0, 0.05) is 31.5 Å². The zero-order chi connectivity index (χ0) is 30.1. The molecule has 0 bridgehead atoms. The molecule has 0 aliphatic rings. The van der Waals surface area contributed by atoms with Crippen LogP contribution in [0.15, 0.2) is 84.9 Å². The summed E-state index contributed by atoms with van der Waals surface area (Å²) in [5.74, 6) is 0.865. The summed E-state index contributed by atoms with van der Waals surface area (Å²) in [6.45, 7) is 13.8. The molecule has 0 amide bonds. The van der Waals surface area contributed by atoms with Crippen molar-refractivity contribution in [2.24, 2.45) is 11.3 Å². The van der Waals surface area contributed by atoms with Crippen LogP contribution in [0, 0.1) is 11.3 Å². The normalized spacial score (nSPS) is 14.7. The molecule has 6 heteroatoms. The van der Waals surface area contributed by atoms with Gasteiger partial charge in [0.2, 0.25) is 0 Å². The number of methoxy groups -OCH3 is 2. The zero-order valence-electron chi connectivity index (χ0n) is 26.1. The number of carbonyl (C=O) groups excluding carboxylic acids is 1. The van der Waals surface area contributed by atoms with E-state index in [4.69, 9.17) is 18.6 Å².